The fourth-order valence-corrected chi connectivity index (χ4v) is 4.24. The van der Waals surface area contributed by atoms with Gasteiger partial charge in [0, 0.05) is 18.9 Å². The van der Waals surface area contributed by atoms with E-state index in [-0.39, 0.29) is 5.60 Å². The van der Waals surface area contributed by atoms with Gasteiger partial charge in [0.15, 0.2) is 0 Å². The Hall–Kier alpha value is -3.19. The van der Waals surface area contributed by atoms with Crippen LogP contribution in [0.2, 0.25) is 0 Å². The van der Waals surface area contributed by atoms with Crippen molar-refractivity contribution in [2.45, 2.75) is 65.6 Å². The summed E-state index contributed by atoms with van der Waals surface area (Å²) >= 11 is 0. The van der Waals surface area contributed by atoms with Gasteiger partial charge in [0.25, 0.3) is 0 Å². The molecule has 2 aromatic carbocycles. The third-order valence-corrected chi connectivity index (χ3v) is 6.60. The third-order valence-electron chi connectivity index (χ3n) is 6.60. The molecule has 3 nitrogen and oxygen atoms in total. The van der Waals surface area contributed by atoms with Crippen LogP contribution < -0.4 is 0 Å². The van der Waals surface area contributed by atoms with Gasteiger partial charge in [0.2, 0.25) is 0 Å². The summed E-state index contributed by atoms with van der Waals surface area (Å²) in [6.45, 7) is 10.2. The van der Waals surface area contributed by atoms with Crippen molar-refractivity contribution >= 4 is 23.1 Å². The Morgan fingerprint density at radius 1 is 1.11 bits per heavy atom. The molecule has 0 saturated heterocycles. The number of hydrogen-bond acceptors (Lipinski definition) is 3. The van der Waals surface area contributed by atoms with Crippen LogP contribution in [0.25, 0.3) is 23.1 Å². The second-order valence-electron chi connectivity index (χ2n) is 9.57. The molecule has 0 bridgehead atoms. The largest absolute Gasteiger partial charge is 0.388 e. The molecule has 3 heteroatoms. The molecule has 3 aromatic rings. The highest BCUT2D eigenvalue weighted by Crippen LogP contribution is 2.30. The number of fused-ring (bicyclic) bond motifs is 1. The minimum atomic E-state index is -0.538. The quantitative estimate of drug-likeness (QED) is 0.259. The van der Waals surface area contributed by atoms with Crippen LogP contribution in [0.15, 0.2) is 65.7 Å². The summed E-state index contributed by atoms with van der Waals surface area (Å²) in [5.41, 5.74) is 7.12. The molecule has 0 aliphatic rings. The monoisotopic (exact) mass is 467 g/mol. The first-order valence-corrected chi connectivity index (χ1v) is 12.2. The van der Waals surface area contributed by atoms with Crippen LogP contribution >= 0.6 is 0 Å². The molecule has 1 N–H and O–H groups in total. The van der Waals surface area contributed by atoms with Crippen molar-refractivity contribution in [3.63, 3.8) is 0 Å². The lowest BCUT2D eigenvalue weighted by molar-refractivity contribution is 0.0523. The summed E-state index contributed by atoms with van der Waals surface area (Å²) in [6.07, 6.45) is 5.65. The van der Waals surface area contributed by atoms with E-state index in [1.807, 2.05) is 49.4 Å². The average Bonchev–Trinajstić information content (AvgIpc) is 2.86. The molecule has 0 radical (unpaired) electrons. The summed E-state index contributed by atoms with van der Waals surface area (Å²) < 4.78 is 5.72. The summed E-state index contributed by atoms with van der Waals surface area (Å²) in [5.74, 6) is 6.15. The molecular formula is C32H37NO2. The Morgan fingerprint density at radius 3 is 2.63 bits per heavy atom. The van der Waals surface area contributed by atoms with Gasteiger partial charge in [0.05, 0.1) is 22.9 Å². The number of aliphatic hydroxyl groups is 1. The Bertz CT molecular complexity index is 1290. The fourth-order valence-electron chi connectivity index (χ4n) is 4.24. The molecule has 35 heavy (non-hydrogen) atoms. The maximum atomic E-state index is 10.9. The molecule has 1 unspecified atom stereocenters. The van der Waals surface area contributed by atoms with Crippen LogP contribution in [0.4, 0.5) is 0 Å². The van der Waals surface area contributed by atoms with E-state index in [0.717, 1.165) is 34.1 Å². The fraction of sp³-hybridized carbons (Fsp3) is 0.344. The molecular weight excluding hydrogens is 430 g/mol. The van der Waals surface area contributed by atoms with Crippen molar-refractivity contribution in [1.29, 1.82) is 0 Å². The highest BCUT2D eigenvalue weighted by atomic mass is 16.5. The normalized spacial score (nSPS) is 13.5. The zero-order valence-electron chi connectivity index (χ0n) is 21.9. The number of nitrogens with zero attached hydrogens (tertiary/aromatic N) is 1. The number of ether oxygens (including phenoxy) is 1. The number of benzene rings is 2. The second kappa shape index (κ2) is 12.0. The molecule has 182 valence electrons. The molecule has 1 heterocycles. The van der Waals surface area contributed by atoms with Crippen molar-refractivity contribution in [3.05, 3.63) is 88.1 Å². The number of aromatic nitrogens is 1. The van der Waals surface area contributed by atoms with E-state index in [2.05, 4.69) is 63.8 Å². The SMILES string of the molecule is CC#CC/C(=C(\C)CCC(O)c1cccc(/C=C/c2ccc3ccc(C)cc3n2)c1)C(C)(C)OC. The van der Waals surface area contributed by atoms with Crippen molar-refractivity contribution in [2.24, 2.45) is 0 Å². The maximum absolute atomic E-state index is 10.9. The minimum absolute atomic E-state index is 0.376. The first-order valence-electron chi connectivity index (χ1n) is 12.2. The van der Waals surface area contributed by atoms with Crippen LogP contribution in [0.1, 0.15) is 75.4 Å². The van der Waals surface area contributed by atoms with Crippen LogP contribution in [-0.2, 0) is 4.74 Å². The molecule has 3 rings (SSSR count). The molecule has 0 aliphatic heterocycles. The molecule has 1 aromatic heterocycles. The smallest absolute Gasteiger partial charge is 0.0843 e. The van der Waals surface area contributed by atoms with Crippen molar-refractivity contribution < 1.29 is 9.84 Å². The van der Waals surface area contributed by atoms with Gasteiger partial charge < -0.3 is 9.84 Å². The van der Waals surface area contributed by atoms with Gasteiger partial charge in [-0.15, -0.1) is 5.92 Å². The van der Waals surface area contributed by atoms with Gasteiger partial charge in [0.1, 0.15) is 0 Å². The number of aliphatic hydroxyl groups excluding tert-OH is 1. The number of allylic oxidation sites excluding steroid dienone is 1. The third kappa shape index (κ3) is 7.15. The number of pyridine rings is 1. The predicted octanol–water partition coefficient (Wildman–Crippen LogP) is 7.68. The molecule has 1 atom stereocenters. The Balaban J connectivity index is 1.72. The summed E-state index contributed by atoms with van der Waals surface area (Å²) in [6, 6.07) is 18.5. The van der Waals surface area contributed by atoms with Gasteiger partial charge in [-0.05, 0) is 94.0 Å². The number of rotatable bonds is 9. The maximum Gasteiger partial charge on any atom is 0.0843 e. The lowest BCUT2D eigenvalue weighted by atomic mass is 9.88. The van der Waals surface area contributed by atoms with E-state index in [0.29, 0.717) is 12.8 Å². The average molecular weight is 468 g/mol. The van der Waals surface area contributed by atoms with Crippen molar-refractivity contribution in [3.8, 4) is 11.8 Å². The minimum Gasteiger partial charge on any atom is -0.388 e. The molecule has 0 saturated carbocycles. The van der Waals surface area contributed by atoms with Crippen LogP contribution in [0.5, 0.6) is 0 Å². The van der Waals surface area contributed by atoms with Crippen LogP contribution in [0.3, 0.4) is 0 Å². The Morgan fingerprint density at radius 2 is 1.89 bits per heavy atom. The van der Waals surface area contributed by atoms with Crippen LogP contribution in [0, 0.1) is 18.8 Å². The lowest BCUT2D eigenvalue weighted by Crippen LogP contribution is -2.26. The second-order valence-corrected chi connectivity index (χ2v) is 9.57. The lowest BCUT2D eigenvalue weighted by Gasteiger charge is -2.28. The highest BCUT2D eigenvalue weighted by molar-refractivity contribution is 5.81. The molecule has 0 aliphatic carbocycles. The number of methoxy groups -OCH3 is 1. The van der Waals surface area contributed by atoms with Crippen molar-refractivity contribution in [1.82, 2.24) is 4.98 Å². The van der Waals surface area contributed by atoms with E-state index in [1.54, 1.807) is 7.11 Å². The first-order chi connectivity index (χ1) is 16.7. The number of aryl methyl sites for hydroxylation is 1. The summed E-state index contributed by atoms with van der Waals surface area (Å²) in [7, 11) is 1.73. The zero-order chi connectivity index (χ0) is 25.4. The Kier molecular flexibility index (Phi) is 9.04. The summed E-state index contributed by atoms with van der Waals surface area (Å²) in [4.78, 5) is 4.76. The van der Waals surface area contributed by atoms with Crippen LogP contribution in [-0.4, -0.2) is 22.8 Å². The van der Waals surface area contributed by atoms with Gasteiger partial charge in [-0.2, -0.15) is 0 Å². The van der Waals surface area contributed by atoms with E-state index in [4.69, 9.17) is 9.72 Å². The summed E-state index contributed by atoms with van der Waals surface area (Å²) in [5, 5.41) is 12.1. The molecule has 0 spiro atoms. The van der Waals surface area contributed by atoms with E-state index >= 15 is 0 Å². The van der Waals surface area contributed by atoms with E-state index in [1.165, 1.54) is 16.7 Å². The van der Waals surface area contributed by atoms with Gasteiger partial charge in [-0.25, -0.2) is 4.98 Å². The van der Waals surface area contributed by atoms with Crippen molar-refractivity contribution in [2.75, 3.05) is 7.11 Å². The standard InChI is InChI=1S/C32H37NO2/c1-7-8-12-29(32(4,5)35-6)24(3)14-20-31(34)27-11-9-10-25(22-27)15-18-28-19-17-26-16-13-23(2)21-30(26)33-28/h9-11,13,15-19,21-22,31,34H,12,14,20H2,1-6H3/b18-15+,29-24-. The van der Waals surface area contributed by atoms with Gasteiger partial charge in [-0.3, -0.25) is 0 Å². The topological polar surface area (TPSA) is 42.4 Å². The van der Waals surface area contributed by atoms with E-state index < -0.39 is 6.10 Å². The van der Waals surface area contributed by atoms with Gasteiger partial charge >= 0.3 is 0 Å². The predicted molar refractivity (Wildman–Crippen MR) is 148 cm³/mol. The molecule has 0 amide bonds. The van der Waals surface area contributed by atoms with E-state index in [9.17, 15) is 5.11 Å². The van der Waals surface area contributed by atoms with Gasteiger partial charge in [-0.1, -0.05) is 54.0 Å². The number of hydrogen-bond donors (Lipinski definition) is 1. The Labute approximate surface area is 210 Å². The zero-order valence-corrected chi connectivity index (χ0v) is 21.9. The highest BCUT2D eigenvalue weighted by Gasteiger charge is 2.24. The first kappa shape index (κ1) is 26.4. The molecule has 0 fully saturated rings.